The topological polar surface area (TPSA) is 112 Å². The van der Waals surface area contributed by atoms with Gasteiger partial charge in [-0.05, 0) is 32.4 Å². The van der Waals surface area contributed by atoms with Crippen LogP contribution in [0.4, 0.5) is 14.5 Å². The molecule has 168 valence electrons. The highest BCUT2D eigenvalue weighted by molar-refractivity contribution is 6.09. The number of methoxy groups -OCH3 is 1. The predicted octanol–water partition coefficient (Wildman–Crippen LogP) is 1.97. The zero-order valence-corrected chi connectivity index (χ0v) is 17.0. The van der Waals surface area contributed by atoms with Crippen LogP contribution in [0.2, 0.25) is 0 Å². The van der Waals surface area contributed by atoms with Gasteiger partial charge in [-0.15, -0.1) is 8.78 Å². The molecule has 0 spiro atoms. The molecule has 2 amide bonds. The van der Waals surface area contributed by atoms with E-state index in [1.807, 2.05) is 0 Å². The van der Waals surface area contributed by atoms with Gasteiger partial charge in [0.2, 0.25) is 6.10 Å². The molecule has 11 heteroatoms. The number of hydrogen-bond donors (Lipinski definition) is 2. The fourth-order valence-corrected chi connectivity index (χ4v) is 3.16. The van der Waals surface area contributed by atoms with Gasteiger partial charge in [-0.25, -0.2) is 0 Å². The molecule has 3 atom stereocenters. The summed E-state index contributed by atoms with van der Waals surface area (Å²) in [5.74, 6) is -3.18. The van der Waals surface area contributed by atoms with Crippen LogP contribution in [0.25, 0.3) is 0 Å². The Bertz CT molecular complexity index is 904. The molecular weight excluding hydrogens is 418 g/mol. The number of rotatable bonds is 7. The lowest BCUT2D eigenvalue weighted by Gasteiger charge is -2.19. The number of benzene rings is 1. The Morgan fingerprint density at radius 1 is 1.16 bits per heavy atom. The molecule has 0 radical (unpaired) electrons. The first-order valence-corrected chi connectivity index (χ1v) is 9.51. The zero-order valence-electron chi connectivity index (χ0n) is 17.0. The zero-order chi connectivity index (χ0) is 22.8. The second-order valence-corrected chi connectivity index (χ2v) is 7.23. The maximum absolute atomic E-state index is 13.3. The number of fused-ring (bicyclic) bond motifs is 1. The van der Waals surface area contributed by atoms with E-state index in [0.29, 0.717) is 0 Å². The number of ether oxygens (including phenoxy) is 4. The van der Waals surface area contributed by atoms with Gasteiger partial charge < -0.3 is 29.6 Å². The number of carbonyl (C=O) groups is 3. The van der Waals surface area contributed by atoms with E-state index < -0.39 is 42.1 Å². The van der Waals surface area contributed by atoms with Crippen LogP contribution in [0, 0.1) is 5.92 Å². The highest BCUT2D eigenvalue weighted by atomic mass is 19.3. The summed E-state index contributed by atoms with van der Waals surface area (Å²) in [6, 6.07) is 3.44. The molecule has 1 aliphatic carbocycles. The summed E-state index contributed by atoms with van der Waals surface area (Å²) in [5.41, 5.74) is -0.105. The van der Waals surface area contributed by atoms with Crippen LogP contribution < -0.4 is 20.1 Å². The van der Waals surface area contributed by atoms with Crippen molar-refractivity contribution < 1.29 is 42.1 Å². The van der Waals surface area contributed by atoms with Crippen LogP contribution in [0.5, 0.6) is 11.5 Å². The molecule has 0 bridgehead atoms. The van der Waals surface area contributed by atoms with Crippen molar-refractivity contribution in [2.24, 2.45) is 5.92 Å². The van der Waals surface area contributed by atoms with Crippen LogP contribution in [0.1, 0.15) is 20.3 Å². The Balaban J connectivity index is 1.60. The van der Waals surface area contributed by atoms with Crippen molar-refractivity contribution in [1.82, 2.24) is 5.32 Å². The summed E-state index contributed by atoms with van der Waals surface area (Å²) >= 11 is 0. The largest absolute Gasteiger partial charge is 0.586 e. The summed E-state index contributed by atoms with van der Waals surface area (Å²) in [7, 11) is 1.15. The number of carbonyl (C=O) groups excluding carboxylic acids is 3. The summed E-state index contributed by atoms with van der Waals surface area (Å²) in [6.07, 6.45) is -2.15. The van der Waals surface area contributed by atoms with E-state index >= 15 is 0 Å². The fourth-order valence-electron chi connectivity index (χ4n) is 3.16. The Hall–Kier alpha value is -3.21. The van der Waals surface area contributed by atoms with Crippen molar-refractivity contribution >= 4 is 23.5 Å². The maximum atomic E-state index is 13.3. The van der Waals surface area contributed by atoms with Crippen molar-refractivity contribution in [3.8, 4) is 11.5 Å². The minimum atomic E-state index is -3.86. The van der Waals surface area contributed by atoms with Gasteiger partial charge in [-0.1, -0.05) is 18.2 Å². The second-order valence-electron chi connectivity index (χ2n) is 7.23. The summed E-state index contributed by atoms with van der Waals surface area (Å²) in [5, 5.41) is 4.94. The van der Waals surface area contributed by atoms with Gasteiger partial charge in [-0.2, -0.15) is 0 Å². The van der Waals surface area contributed by atoms with Gasteiger partial charge in [0.05, 0.1) is 17.7 Å². The van der Waals surface area contributed by atoms with E-state index in [2.05, 4.69) is 20.1 Å². The molecule has 2 aliphatic rings. The summed E-state index contributed by atoms with van der Waals surface area (Å²) < 4.78 is 45.5. The van der Waals surface area contributed by atoms with Crippen LogP contribution >= 0.6 is 0 Å². The second kappa shape index (κ2) is 8.88. The SMILES string of the molecule is COC(C(=O)Nc1cccc2c1OC(F)(F)O2)C(=O)N[C@H]1C=C[C@@H](C(=O)OC(C)C)C1. The molecule has 0 saturated carbocycles. The monoisotopic (exact) mass is 440 g/mol. The van der Waals surface area contributed by atoms with Gasteiger partial charge in [0.1, 0.15) is 0 Å². The Morgan fingerprint density at radius 3 is 2.58 bits per heavy atom. The van der Waals surface area contributed by atoms with Crippen molar-refractivity contribution in [3.63, 3.8) is 0 Å². The molecule has 0 fully saturated rings. The molecule has 1 aromatic rings. The quantitative estimate of drug-likeness (QED) is 0.379. The van der Waals surface area contributed by atoms with Gasteiger partial charge in [0.25, 0.3) is 11.8 Å². The average Bonchev–Trinajstić information content (AvgIpc) is 3.25. The maximum Gasteiger partial charge on any atom is 0.586 e. The molecule has 1 heterocycles. The first kappa shape index (κ1) is 22.5. The highest BCUT2D eigenvalue weighted by Gasteiger charge is 2.45. The Labute approximate surface area is 176 Å². The molecule has 31 heavy (non-hydrogen) atoms. The standard InChI is InChI=1S/C20H22F2N2O7/c1-10(2)29-19(27)11-7-8-12(9-11)23-17(25)16(28-3)18(26)24-13-5-4-6-14-15(13)31-20(21,22)30-14/h4-8,10-12,16H,9H2,1-3H3,(H,23,25)(H,24,26)/t11-,12+,16?/m1/s1. The Morgan fingerprint density at radius 2 is 1.90 bits per heavy atom. The van der Waals surface area contributed by atoms with Crippen LogP contribution in [-0.4, -0.2) is 49.4 Å². The van der Waals surface area contributed by atoms with Crippen molar-refractivity contribution in [1.29, 1.82) is 0 Å². The molecule has 1 aromatic carbocycles. The van der Waals surface area contributed by atoms with Crippen LogP contribution in [0.3, 0.4) is 0 Å². The number of anilines is 1. The van der Waals surface area contributed by atoms with Gasteiger partial charge in [0.15, 0.2) is 11.5 Å². The van der Waals surface area contributed by atoms with E-state index in [9.17, 15) is 23.2 Å². The lowest BCUT2D eigenvalue weighted by molar-refractivity contribution is -0.286. The fraction of sp³-hybridized carbons (Fsp3) is 0.450. The number of hydrogen-bond acceptors (Lipinski definition) is 7. The molecule has 1 aliphatic heterocycles. The van der Waals surface area contributed by atoms with E-state index in [0.717, 1.165) is 7.11 Å². The lowest BCUT2D eigenvalue weighted by Crippen LogP contribution is -2.47. The number of nitrogens with one attached hydrogen (secondary N) is 2. The number of esters is 1. The third-order valence-corrected chi connectivity index (χ3v) is 4.46. The number of halogens is 2. The minimum absolute atomic E-state index is 0.105. The first-order valence-electron chi connectivity index (χ1n) is 9.51. The first-order chi connectivity index (χ1) is 14.6. The van der Waals surface area contributed by atoms with Crippen molar-refractivity contribution in [2.75, 3.05) is 12.4 Å². The molecule has 2 N–H and O–H groups in total. The van der Waals surface area contributed by atoms with E-state index in [1.54, 1.807) is 26.0 Å². The average molecular weight is 440 g/mol. The van der Waals surface area contributed by atoms with Crippen molar-refractivity contribution in [2.45, 2.75) is 44.8 Å². The molecular formula is C20H22F2N2O7. The highest BCUT2D eigenvalue weighted by Crippen LogP contribution is 2.45. The third-order valence-electron chi connectivity index (χ3n) is 4.46. The normalized spacial score (nSPS) is 21.6. The lowest BCUT2D eigenvalue weighted by atomic mass is 10.1. The molecule has 3 rings (SSSR count). The minimum Gasteiger partial charge on any atom is -0.463 e. The predicted molar refractivity (Wildman–Crippen MR) is 102 cm³/mol. The molecule has 0 saturated heterocycles. The molecule has 0 aromatic heterocycles. The molecule has 1 unspecified atom stereocenters. The summed E-state index contributed by atoms with van der Waals surface area (Å²) in [4.78, 5) is 37.0. The van der Waals surface area contributed by atoms with E-state index in [1.165, 1.54) is 18.2 Å². The van der Waals surface area contributed by atoms with Crippen LogP contribution in [0.15, 0.2) is 30.4 Å². The van der Waals surface area contributed by atoms with Crippen molar-refractivity contribution in [3.05, 3.63) is 30.4 Å². The van der Waals surface area contributed by atoms with E-state index in [4.69, 9.17) is 9.47 Å². The van der Waals surface area contributed by atoms with E-state index in [-0.39, 0.29) is 29.7 Å². The number of alkyl halides is 2. The van der Waals surface area contributed by atoms with Gasteiger partial charge >= 0.3 is 12.3 Å². The summed E-state index contributed by atoms with van der Waals surface area (Å²) in [6.45, 7) is 3.47. The molecule has 9 nitrogen and oxygen atoms in total. The van der Waals surface area contributed by atoms with Gasteiger partial charge in [0, 0.05) is 13.2 Å². The smallest absolute Gasteiger partial charge is 0.463 e. The van der Waals surface area contributed by atoms with Gasteiger partial charge in [-0.3, -0.25) is 14.4 Å². The Kier molecular flexibility index (Phi) is 6.44. The number of amides is 2. The third kappa shape index (κ3) is 5.29. The van der Waals surface area contributed by atoms with Crippen LogP contribution in [-0.2, 0) is 23.9 Å². The number of para-hydroxylation sites is 1.